The van der Waals surface area contributed by atoms with Crippen LogP contribution >= 0.6 is 0 Å². The van der Waals surface area contributed by atoms with Crippen LogP contribution in [-0.4, -0.2) is 15.5 Å². The van der Waals surface area contributed by atoms with Crippen LogP contribution in [-0.2, 0) is 4.79 Å². The summed E-state index contributed by atoms with van der Waals surface area (Å²) in [6, 6.07) is 8.30. The number of benzene rings is 1. The van der Waals surface area contributed by atoms with E-state index in [1.54, 1.807) is 12.5 Å². The fourth-order valence-electron chi connectivity index (χ4n) is 2.93. The molecule has 1 aliphatic rings. The minimum absolute atomic E-state index is 0.0375. The van der Waals surface area contributed by atoms with Gasteiger partial charge in [0.25, 0.3) is 0 Å². The Hall–Kier alpha value is -2.36. The molecule has 1 aromatic heterocycles. The summed E-state index contributed by atoms with van der Waals surface area (Å²) in [5.41, 5.74) is 2.28. The van der Waals surface area contributed by atoms with Crippen molar-refractivity contribution in [3.05, 3.63) is 54.0 Å². The number of imidazole rings is 1. The zero-order valence-corrected chi connectivity index (χ0v) is 12.4. The first-order valence-corrected chi connectivity index (χ1v) is 6.97. The van der Waals surface area contributed by atoms with Crippen molar-refractivity contribution in [3.8, 4) is 5.88 Å². The van der Waals surface area contributed by atoms with Gasteiger partial charge in [0.05, 0.1) is 18.6 Å². The molecule has 4 nitrogen and oxygen atoms in total. The third-order valence-electron chi connectivity index (χ3n) is 3.84. The summed E-state index contributed by atoms with van der Waals surface area (Å²) in [7, 11) is 0. The van der Waals surface area contributed by atoms with Crippen LogP contribution in [0.4, 0.5) is 0 Å². The molecule has 3 rings (SSSR count). The largest absolute Gasteiger partial charge is 0.408 e. The van der Waals surface area contributed by atoms with Crippen molar-refractivity contribution in [3.63, 3.8) is 0 Å². The van der Waals surface area contributed by atoms with Crippen LogP contribution in [0.3, 0.4) is 0 Å². The molecular formula is C17H18N2O2. The maximum Gasteiger partial charge on any atom is 0.309 e. The average molecular weight is 282 g/mol. The summed E-state index contributed by atoms with van der Waals surface area (Å²) in [6.07, 6.45) is 7.64. The molecule has 1 atom stereocenters. The second-order valence-corrected chi connectivity index (χ2v) is 5.92. The Morgan fingerprint density at radius 2 is 2.10 bits per heavy atom. The first-order chi connectivity index (χ1) is 9.99. The van der Waals surface area contributed by atoms with Crippen LogP contribution in [0.1, 0.15) is 37.9 Å². The zero-order chi connectivity index (χ0) is 15.0. The zero-order valence-electron chi connectivity index (χ0n) is 12.4. The van der Waals surface area contributed by atoms with Crippen LogP contribution < -0.4 is 4.74 Å². The molecule has 0 fully saturated rings. The summed E-state index contributed by atoms with van der Waals surface area (Å²) < 4.78 is 7.22. The molecule has 4 heteroatoms. The summed E-state index contributed by atoms with van der Waals surface area (Å²) in [5, 5.41) is 0. The molecule has 0 saturated carbocycles. The maximum atomic E-state index is 11.3. The lowest BCUT2D eigenvalue weighted by Gasteiger charge is -2.37. The number of carbonyl (C=O) groups excluding carboxylic acids is 1. The van der Waals surface area contributed by atoms with Gasteiger partial charge in [0.2, 0.25) is 5.88 Å². The quantitative estimate of drug-likeness (QED) is 0.792. The minimum Gasteiger partial charge on any atom is -0.408 e. The van der Waals surface area contributed by atoms with Crippen LogP contribution in [0.5, 0.6) is 5.88 Å². The smallest absolute Gasteiger partial charge is 0.309 e. The Morgan fingerprint density at radius 1 is 1.33 bits per heavy atom. The molecule has 0 aliphatic heterocycles. The van der Waals surface area contributed by atoms with Crippen molar-refractivity contribution < 1.29 is 9.53 Å². The van der Waals surface area contributed by atoms with Gasteiger partial charge in [0.15, 0.2) is 0 Å². The van der Waals surface area contributed by atoms with Crippen molar-refractivity contribution in [2.45, 2.75) is 26.8 Å². The number of allylic oxidation sites excluding steroid dienone is 1. The van der Waals surface area contributed by atoms with Gasteiger partial charge in [-0.05, 0) is 11.1 Å². The van der Waals surface area contributed by atoms with Gasteiger partial charge in [-0.15, -0.1) is 0 Å². The number of hydrogen-bond acceptors (Lipinski definition) is 3. The predicted octanol–water partition coefficient (Wildman–Crippen LogP) is 3.45. The lowest BCUT2D eigenvalue weighted by atomic mass is 9.75. The van der Waals surface area contributed by atoms with E-state index in [0.717, 1.165) is 0 Å². The van der Waals surface area contributed by atoms with Gasteiger partial charge in [-0.1, -0.05) is 50.3 Å². The fraction of sp³-hybridized carbons (Fsp3) is 0.294. The standard InChI is InChI=1S/C17H18N2O2/c1-12(20)21-15-10-18-11-19(15)16-14-7-5-4-6-13(14)8-9-17(16,2)3/h4-11,16H,1-3H3/t16-/m1/s1. The van der Waals surface area contributed by atoms with E-state index in [-0.39, 0.29) is 17.4 Å². The van der Waals surface area contributed by atoms with Gasteiger partial charge in [-0.25, -0.2) is 4.98 Å². The number of nitrogens with zero attached hydrogens (tertiary/aromatic N) is 2. The summed E-state index contributed by atoms with van der Waals surface area (Å²) in [4.78, 5) is 15.4. The van der Waals surface area contributed by atoms with E-state index in [1.165, 1.54) is 18.1 Å². The van der Waals surface area contributed by atoms with E-state index >= 15 is 0 Å². The van der Waals surface area contributed by atoms with E-state index in [2.05, 4.69) is 43.1 Å². The van der Waals surface area contributed by atoms with Crippen molar-refractivity contribution >= 4 is 12.0 Å². The van der Waals surface area contributed by atoms with Crippen LogP contribution in [0.2, 0.25) is 0 Å². The minimum atomic E-state index is -0.339. The number of carbonyl (C=O) groups is 1. The highest BCUT2D eigenvalue weighted by molar-refractivity contribution is 5.68. The normalized spacial score (nSPS) is 19.1. The van der Waals surface area contributed by atoms with Crippen molar-refractivity contribution in [2.24, 2.45) is 5.41 Å². The lowest BCUT2D eigenvalue weighted by Crippen LogP contribution is -2.29. The molecule has 1 aliphatic carbocycles. The third-order valence-corrected chi connectivity index (χ3v) is 3.84. The SMILES string of the molecule is CC(=O)Oc1cncn1[C@@H]1c2ccccc2C=CC1(C)C. The van der Waals surface area contributed by atoms with Crippen molar-refractivity contribution in [1.29, 1.82) is 0 Å². The molecule has 0 saturated heterocycles. The van der Waals surface area contributed by atoms with Crippen molar-refractivity contribution in [1.82, 2.24) is 9.55 Å². The molecule has 1 aromatic carbocycles. The number of fused-ring (bicyclic) bond motifs is 1. The van der Waals surface area contributed by atoms with E-state index in [9.17, 15) is 4.79 Å². The van der Waals surface area contributed by atoms with E-state index in [4.69, 9.17) is 4.74 Å². The van der Waals surface area contributed by atoms with Crippen LogP contribution in [0.25, 0.3) is 6.08 Å². The Bertz CT molecular complexity index is 713. The van der Waals surface area contributed by atoms with Gasteiger partial charge in [-0.2, -0.15) is 0 Å². The summed E-state index contributed by atoms with van der Waals surface area (Å²) in [6.45, 7) is 5.74. The predicted molar refractivity (Wildman–Crippen MR) is 80.9 cm³/mol. The molecule has 1 heterocycles. The fourth-order valence-corrected chi connectivity index (χ4v) is 2.93. The highest BCUT2D eigenvalue weighted by Crippen LogP contribution is 2.45. The second-order valence-electron chi connectivity index (χ2n) is 5.92. The highest BCUT2D eigenvalue weighted by Gasteiger charge is 2.35. The van der Waals surface area contributed by atoms with Gasteiger partial charge in [-0.3, -0.25) is 9.36 Å². The molecule has 0 spiro atoms. The Labute approximate surface area is 124 Å². The molecule has 0 radical (unpaired) electrons. The molecule has 2 aromatic rings. The van der Waals surface area contributed by atoms with Gasteiger partial charge in [0.1, 0.15) is 0 Å². The molecule has 0 bridgehead atoms. The molecule has 0 unspecified atom stereocenters. The molecule has 108 valence electrons. The third kappa shape index (κ3) is 2.37. The average Bonchev–Trinajstić information content (AvgIpc) is 2.85. The Morgan fingerprint density at radius 3 is 2.86 bits per heavy atom. The van der Waals surface area contributed by atoms with Gasteiger partial charge < -0.3 is 4.74 Å². The van der Waals surface area contributed by atoms with Crippen LogP contribution in [0.15, 0.2) is 42.9 Å². The van der Waals surface area contributed by atoms with E-state index < -0.39 is 0 Å². The second kappa shape index (κ2) is 4.88. The van der Waals surface area contributed by atoms with E-state index in [0.29, 0.717) is 5.88 Å². The van der Waals surface area contributed by atoms with Crippen LogP contribution in [0, 0.1) is 5.41 Å². The molecule has 21 heavy (non-hydrogen) atoms. The lowest BCUT2D eigenvalue weighted by molar-refractivity contribution is -0.132. The number of ether oxygens (including phenoxy) is 1. The maximum absolute atomic E-state index is 11.3. The Kier molecular flexibility index (Phi) is 3.16. The number of esters is 1. The van der Waals surface area contributed by atoms with Gasteiger partial charge in [0, 0.05) is 12.3 Å². The topological polar surface area (TPSA) is 44.1 Å². The summed E-state index contributed by atoms with van der Waals surface area (Å²) >= 11 is 0. The Balaban J connectivity index is 2.14. The van der Waals surface area contributed by atoms with Gasteiger partial charge >= 0.3 is 5.97 Å². The van der Waals surface area contributed by atoms with E-state index in [1.807, 2.05) is 16.7 Å². The number of hydrogen-bond donors (Lipinski definition) is 0. The monoisotopic (exact) mass is 282 g/mol. The molecule has 0 N–H and O–H groups in total. The van der Waals surface area contributed by atoms with Crippen molar-refractivity contribution in [2.75, 3.05) is 0 Å². The summed E-state index contributed by atoms with van der Waals surface area (Å²) in [5.74, 6) is 0.139. The first kappa shape index (κ1) is 13.6. The molecule has 0 amide bonds. The molecular weight excluding hydrogens is 264 g/mol. The highest BCUT2D eigenvalue weighted by atomic mass is 16.5. The number of aromatic nitrogens is 2. The first-order valence-electron chi connectivity index (χ1n) is 6.97. The number of rotatable bonds is 2.